The average Bonchev–Trinajstić information content (AvgIpc) is 2.41. The first-order valence-corrected chi connectivity index (χ1v) is 8.00. The molecule has 0 saturated heterocycles. The molecule has 1 atom stereocenters. The van der Waals surface area contributed by atoms with Gasteiger partial charge in [-0.1, -0.05) is 46.9 Å². The Labute approximate surface area is 142 Å². The summed E-state index contributed by atoms with van der Waals surface area (Å²) in [5.74, 6) is 0. The third kappa shape index (κ3) is 3.90. The summed E-state index contributed by atoms with van der Waals surface area (Å²) in [6.45, 7) is 0. The molecule has 1 unspecified atom stereocenters. The summed E-state index contributed by atoms with van der Waals surface area (Å²) < 4.78 is 0.888. The Morgan fingerprint density at radius 1 is 1.05 bits per heavy atom. The molecular weight excluding hydrogens is 380 g/mol. The van der Waals surface area contributed by atoms with Crippen molar-refractivity contribution in [2.24, 2.45) is 0 Å². The van der Waals surface area contributed by atoms with Crippen molar-refractivity contribution < 1.29 is 0 Å². The van der Waals surface area contributed by atoms with E-state index >= 15 is 0 Å². The summed E-state index contributed by atoms with van der Waals surface area (Å²) >= 11 is 21.6. The highest BCUT2D eigenvalue weighted by Gasteiger charge is 2.13. The van der Waals surface area contributed by atoms with Crippen LogP contribution >= 0.6 is 50.7 Å². The van der Waals surface area contributed by atoms with Gasteiger partial charge in [0, 0.05) is 20.6 Å². The first kappa shape index (κ1) is 16.1. The van der Waals surface area contributed by atoms with Crippen molar-refractivity contribution in [2.75, 3.05) is 7.05 Å². The van der Waals surface area contributed by atoms with Crippen molar-refractivity contribution in [3.05, 3.63) is 67.1 Å². The Morgan fingerprint density at radius 2 is 1.80 bits per heavy atom. The van der Waals surface area contributed by atoms with Crippen LogP contribution in [0.4, 0.5) is 0 Å². The lowest BCUT2D eigenvalue weighted by molar-refractivity contribution is 0.592. The maximum absolute atomic E-state index is 6.23. The Hall–Kier alpha value is -0.250. The van der Waals surface area contributed by atoms with Gasteiger partial charge in [-0.25, -0.2) is 0 Å². The van der Waals surface area contributed by atoms with Crippen LogP contribution in [0.1, 0.15) is 17.2 Å². The van der Waals surface area contributed by atoms with Crippen LogP contribution in [0, 0.1) is 0 Å². The van der Waals surface area contributed by atoms with Gasteiger partial charge in [-0.2, -0.15) is 0 Å². The predicted octanol–water partition coefficient (Wildman–Crippen LogP) is 5.91. The summed E-state index contributed by atoms with van der Waals surface area (Å²) in [5.41, 5.74) is 2.20. The lowest BCUT2D eigenvalue weighted by Crippen LogP contribution is -2.19. The van der Waals surface area contributed by atoms with Gasteiger partial charge in [-0.15, -0.1) is 0 Å². The fourth-order valence-electron chi connectivity index (χ4n) is 2.02. The normalized spacial score (nSPS) is 12.4. The summed E-state index contributed by atoms with van der Waals surface area (Å²) in [6, 6.07) is 11.7. The van der Waals surface area contributed by atoms with Crippen LogP contribution in [0.5, 0.6) is 0 Å². The lowest BCUT2D eigenvalue weighted by atomic mass is 9.99. The van der Waals surface area contributed by atoms with E-state index in [9.17, 15) is 0 Å². The molecule has 0 fully saturated rings. The van der Waals surface area contributed by atoms with Gasteiger partial charge in [0.05, 0.1) is 5.02 Å². The highest BCUT2D eigenvalue weighted by molar-refractivity contribution is 9.10. The molecule has 0 bridgehead atoms. The summed E-state index contributed by atoms with van der Waals surface area (Å²) in [7, 11) is 1.93. The number of rotatable bonds is 4. The topological polar surface area (TPSA) is 12.0 Å². The maximum Gasteiger partial charge on any atom is 0.0548 e. The molecule has 2 aromatic carbocycles. The van der Waals surface area contributed by atoms with Gasteiger partial charge in [0.1, 0.15) is 0 Å². The van der Waals surface area contributed by atoms with E-state index in [1.807, 2.05) is 37.4 Å². The minimum Gasteiger partial charge on any atom is -0.313 e. The zero-order chi connectivity index (χ0) is 14.7. The lowest BCUT2D eigenvalue weighted by Gasteiger charge is -2.18. The molecule has 0 heterocycles. The van der Waals surface area contributed by atoms with E-state index in [1.54, 1.807) is 6.07 Å². The minimum atomic E-state index is 0.155. The second kappa shape index (κ2) is 7.15. The Bertz CT molecular complexity index is 616. The molecule has 2 aromatic rings. The van der Waals surface area contributed by atoms with Gasteiger partial charge < -0.3 is 5.32 Å². The Kier molecular flexibility index (Phi) is 5.76. The number of hydrogen-bond donors (Lipinski definition) is 1. The van der Waals surface area contributed by atoms with Crippen LogP contribution in [0.15, 0.2) is 40.9 Å². The molecule has 0 aliphatic heterocycles. The average molecular weight is 394 g/mol. The van der Waals surface area contributed by atoms with Crippen molar-refractivity contribution >= 4 is 50.7 Å². The van der Waals surface area contributed by atoms with Gasteiger partial charge >= 0.3 is 0 Å². The summed E-state index contributed by atoms with van der Waals surface area (Å²) in [5, 5.41) is 5.33. The highest BCUT2D eigenvalue weighted by Crippen LogP contribution is 2.29. The summed E-state index contributed by atoms with van der Waals surface area (Å²) in [4.78, 5) is 0. The van der Waals surface area contributed by atoms with E-state index in [2.05, 4.69) is 21.2 Å². The molecular formula is C15H13BrCl3N. The molecule has 0 saturated carbocycles. The monoisotopic (exact) mass is 391 g/mol. The zero-order valence-corrected chi connectivity index (χ0v) is 14.6. The van der Waals surface area contributed by atoms with E-state index in [-0.39, 0.29) is 6.04 Å². The quantitative estimate of drug-likeness (QED) is 0.681. The first-order valence-electron chi connectivity index (χ1n) is 6.07. The van der Waals surface area contributed by atoms with Crippen molar-refractivity contribution in [1.29, 1.82) is 0 Å². The molecule has 0 radical (unpaired) electrons. The smallest absolute Gasteiger partial charge is 0.0548 e. The first-order chi connectivity index (χ1) is 9.51. The van der Waals surface area contributed by atoms with Crippen LogP contribution in [0.3, 0.4) is 0 Å². The summed E-state index contributed by atoms with van der Waals surface area (Å²) in [6.07, 6.45) is 0.778. The van der Waals surface area contributed by atoms with Crippen molar-refractivity contribution in [2.45, 2.75) is 12.5 Å². The number of likely N-dealkylation sites (N-methyl/N-ethyl adjacent to an activating group) is 1. The predicted molar refractivity (Wildman–Crippen MR) is 91.1 cm³/mol. The van der Waals surface area contributed by atoms with Gasteiger partial charge in [0.15, 0.2) is 0 Å². The third-order valence-corrected chi connectivity index (χ3v) is 4.93. The van der Waals surface area contributed by atoms with Crippen LogP contribution in [-0.4, -0.2) is 7.05 Å². The molecule has 2 rings (SSSR count). The second-order valence-electron chi connectivity index (χ2n) is 4.45. The fourth-order valence-corrected chi connectivity index (χ4v) is 3.02. The number of hydrogen-bond acceptors (Lipinski definition) is 1. The van der Waals surface area contributed by atoms with Crippen molar-refractivity contribution in [1.82, 2.24) is 5.32 Å². The van der Waals surface area contributed by atoms with Gasteiger partial charge in [-0.3, -0.25) is 0 Å². The largest absolute Gasteiger partial charge is 0.313 e. The fraction of sp³-hybridized carbons (Fsp3) is 0.200. The Morgan fingerprint density at radius 3 is 2.40 bits per heavy atom. The molecule has 0 aromatic heterocycles. The third-order valence-electron chi connectivity index (χ3n) is 3.13. The minimum absolute atomic E-state index is 0.155. The standard InChI is InChI=1S/C15H13BrCl3N/c1-20-15(10-3-5-13(18)12(16)6-10)7-9-2-4-11(17)8-14(9)19/h2-6,8,15,20H,7H2,1H3. The van der Waals surface area contributed by atoms with E-state index in [1.165, 1.54) is 0 Å². The van der Waals surface area contributed by atoms with Crippen LogP contribution < -0.4 is 5.32 Å². The molecule has 1 N–H and O–H groups in total. The molecule has 0 aliphatic rings. The van der Waals surface area contributed by atoms with Crippen LogP contribution in [0.25, 0.3) is 0 Å². The van der Waals surface area contributed by atoms with Crippen molar-refractivity contribution in [3.63, 3.8) is 0 Å². The SMILES string of the molecule is CNC(Cc1ccc(Cl)cc1Cl)c1ccc(Cl)c(Br)c1. The number of benzene rings is 2. The van der Waals surface area contributed by atoms with E-state index in [0.717, 1.165) is 22.0 Å². The number of nitrogens with one attached hydrogen (secondary N) is 1. The molecule has 106 valence electrons. The van der Waals surface area contributed by atoms with Gasteiger partial charge in [0.25, 0.3) is 0 Å². The van der Waals surface area contributed by atoms with Crippen molar-refractivity contribution in [3.8, 4) is 0 Å². The molecule has 1 nitrogen and oxygen atoms in total. The zero-order valence-electron chi connectivity index (χ0n) is 10.8. The second-order valence-corrected chi connectivity index (χ2v) is 6.56. The molecule has 20 heavy (non-hydrogen) atoms. The number of halogens is 4. The Balaban J connectivity index is 2.26. The molecule has 0 spiro atoms. The molecule has 5 heteroatoms. The van der Waals surface area contributed by atoms with Gasteiger partial charge in [-0.05, 0) is 64.8 Å². The van der Waals surface area contributed by atoms with Crippen LogP contribution in [-0.2, 0) is 6.42 Å². The molecule has 0 aliphatic carbocycles. The van der Waals surface area contributed by atoms with Crippen LogP contribution in [0.2, 0.25) is 15.1 Å². The van der Waals surface area contributed by atoms with E-state index in [0.29, 0.717) is 15.1 Å². The van der Waals surface area contributed by atoms with E-state index < -0.39 is 0 Å². The van der Waals surface area contributed by atoms with Gasteiger partial charge in [0.2, 0.25) is 0 Å². The van der Waals surface area contributed by atoms with E-state index in [4.69, 9.17) is 34.8 Å². The highest BCUT2D eigenvalue weighted by atomic mass is 79.9. The molecule has 0 amide bonds. The maximum atomic E-state index is 6.23.